The number of nitrogens with one attached hydrogen (secondary N) is 1. The van der Waals surface area contributed by atoms with Gasteiger partial charge in [0.1, 0.15) is 13.2 Å². The van der Waals surface area contributed by atoms with E-state index in [0.717, 1.165) is 51.4 Å². The van der Waals surface area contributed by atoms with Gasteiger partial charge in [-0.15, -0.1) is 0 Å². The molecule has 3 atom stereocenters. The number of allylic oxidation sites excluding steroid dienone is 2. The van der Waals surface area contributed by atoms with E-state index in [2.05, 4.69) is 31.3 Å². The van der Waals surface area contributed by atoms with Crippen LogP contribution in [0.5, 0.6) is 0 Å². The molecule has 0 aromatic rings. The number of hydrogen-bond acceptors (Lipinski definition) is 5. The first kappa shape index (κ1) is 61.2. The zero-order chi connectivity index (χ0) is 45.7. The molecule has 0 saturated heterocycles. The highest BCUT2D eigenvalue weighted by atomic mass is 31.2. The van der Waals surface area contributed by atoms with E-state index in [1.165, 1.54) is 193 Å². The lowest BCUT2D eigenvalue weighted by molar-refractivity contribution is -0.870. The molecule has 370 valence electrons. The molecule has 0 fully saturated rings. The maximum Gasteiger partial charge on any atom is 0.472 e. The molecule has 0 bridgehead atoms. The van der Waals surface area contributed by atoms with Crippen LogP contribution in [-0.4, -0.2) is 73.4 Å². The Bertz CT molecular complexity index is 1020. The summed E-state index contributed by atoms with van der Waals surface area (Å²) < 4.78 is 23.7. The summed E-state index contributed by atoms with van der Waals surface area (Å²) in [5, 5.41) is 14.0. The van der Waals surface area contributed by atoms with Crippen molar-refractivity contribution in [2.75, 3.05) is 40.9 Å². The molecule has 9 heteroatoms. The van der Waals surface area contributed by atoms with Gasteiger partial charge in [-0.05, 0) is 38.5 Å². The fourth-order valence-corrected chi connectivity index (χ4v) is 8.96. The van der Waals surface area contributed by atoms with Crippen LogP contribution in [-0.2, 0) is 18.4 Å². The minimum absolute atomic E-state index is 0.0751. The van der Waals surface area contributed by atoms with E-state index < -0.39 is 20.0 Å². The molecular formula is C53H108N2O6P+. The monoisotopic (exact) mass is 900 g/mol. The minimum atomic E-state index is -4.32. The summed E-state index contributed by atoms with van der Waals surface area (Å²) in [5.74, 6) is -0.151. The number of carbonyl (C=O) groups excluding carboxylic acids is 1. The highest BCUT2D eigenvalue weighted by molar-refractivity contribution is 7.47. The van der Waals surface area contributed by atoms with E-state index >= 15 is 0 Å². The normalized spacial score (nSPS) is 14.1. The van der Waals surface area contributed by atoms with Crippen LogP contribution in [0.1, 0.15) is 271 Å². The highest BCUT2D eigenvalue weighted by Crippen LogP contribution is 2.43. The maximum atomic E-state index is 12.9. The Labute approximate surface area is 386 Å². The van der Waals surface area contributed by atoms with Crippen molar-refractivity contribution in [2.45, 2.75) is 283 Å². The number of rotatable bonds is 50. The molecule has 3 N–H and O–H groups in total. The van der Waals surface area contributed by atoms with Crippen LogP contribution in [0, 0.1) is 0 Å². The number of unbranched alkanes of at least 4 members (excludes halogenated alkanes) is 35. The molecule has 0 aromatic heterocycles. The number of carbonyl (C=O) groups is 1. The van der Waals surface area contributed by atoms with Gasteiger partial charge in [0, 0.05) is 6.42 Å². The van der Waals surface area contributed by atoms with Crippen molar-refractivity contribution < 1.29 is 32.9 Å². The van der Waals surface area contributed by atoms with E-state index in [-0.39, 0.29) is 19.1 Å². The van der Waals surface area contributed by atoms with Gasteiger partial charge >= 0.3 is 7.82 Å². The fourth-order valence-electron chi connectivity index (χ4n) is 8.22. The Morgan fingerprint density at radius 3 is 1.27 bits per heavy atom. The third-order valence-electron chi connectivity index (χ3n) is 12.5. The first-order chi connectivity index (χ1) is 30.0. The van der Waals surface area contributed by atoms with Gasteiger partial charge in [-0.25, -0.2) is 4.57 Å². The van der Waals surface area contributed by atoms with Crippen LogP contribution in [0.25, 0.3) is 0 Å². The number of aliphatic hydroxyl groups is 1. The van der Waals surface area contributed by atoms with Crippen LogP contribution in [0.2, 0.25) is 0 Å². The molecule has 8 nitrogen and oxygen atoms in total. The standard InChI is InChI=1S/C53H107N2O6P/c1-6-8-10-12-14-16-18-20-21-22-23-24-25-26-27-28-29-30-31-32-33-34-35-36-38-40-42-44-46-52(56)51(50-61-62(58,59)60-49-48-55(3,4)5)54-53(57)47-45-43-41-39-37-19-17-15-13-11-9-7-2/h15,17,51-52,56H,6-14,16,18-50H2,1-5H3,(H-,54,57,58,59)/p+1/b17-15-. The molecule has 1 amide bonds. The SMILES string of the molecule is CCCCC/C=C\CCCCCCCC(=O)NC(COP(=O)(O)OCC[N+](C)(C)C)C(O)CCCCCCCCCCCCCCCCCCCCCCCCCCCCCC. The Morgan fingerprint density at radius 1 is 0.532 bits per heavy atom. The van der Waals surface area contributed by atoms with Gasteiger partial charge < -0.3 is 19.8 Å². The molecule has 0 heterocycles. The molecule has 0 spiro atoms. The van der Waals surface area contributed by atoms with Gasteiger partial charge in [-0.1, -0.05) is 238 Å². The quantitative estimate of drug-likeness (QED) is 0.0243. The van der Waals surface area contributed by atoms with E-state index in [9.17, 15) is 19.4 Å². The van der Waals surface area contributed by atoms with Gasteiger partial charge in [0.15, 0.2) is 0 Å². The zero-order valence-electron chi connectivity index (χ0n) is 42.1. The number of aliphatic hydroxyl groups excluding tert-OH is 1. The first-order valence-electron chi connectivity index (χ1n) is 27.1. The summed E-state index contributed by atoms with van der Waals surface area (Å²) >= 11 is 0. The summed E-state index contributed by atoms with van der Waals surface area (Å²) in [7, 11) is 1.62. The summed E-state index contributed by atoms with van der Waals surface area (Å²) in [6, 6.07) is -0.761. The van der Waals surface area contributed by atoms with Crippen molar-refractivity contribution in [1.29, 1.82) is 0 Å². The number of quaternary nitrogens is 1. The predicted octanol–water partition coefficient (Wildman–Crippen LogP) is 15.9. The average Bonchev–Trinajstić information content (AvgIpc) is 3.23. The summed E-state index contributed by atoms with van der Waals surface area (Å²) in [6.07, 6.45) is 54.2. The zero-order valence-corrected chi connectivity index (χ0v) is 43.0. The molecular weight excluding hydrogens is 792 g/mol. The number of likely N-dealkylation sites (N-methyl/N-ethyl adjacent to an activating group) is 1. The summed E-state index contributed by atoms with van der Waals surface area (Å²) in [4.78, 5) is 23.2. The van der Waals surface area contributed by atoms with Crippen molar-refractivity contribution in [1.82, 2.24) is 5.32 Å². The lowest BCUT2D eigenvalue weighted by Crippen LogP contribution is -2.46. The van der Waals surface area contributed by atoms with Gasteiger partial charge in [-0.3, -0.25) is 13.8 Å². The second-order valence-electron chi connectivity index (χ2n) is 20.0. The minimum Gasteiger partial charge on any atom is -0.391 e. The molecule has 0 radical (unpaired) electrons. The highest BCUT2D eigenvalue weighted by Gasteiger charge is 2.28. The molecule has 0 aliphatic carbocycles. The van der Waals surface area contributed by atoms with Gasteiger partial charge in [0.2, 0.25) is 5.91 Å². The topological polar surface area (TPSA) is 105 Å². The predicted molar refractivity (Wildman–Crippen MR) is 268 cm³/mol. The van der Waals surface area contributed by atoms with Crippen LogP contribution in [0.15, 0.2) is 12.2 Å². The Hall–Kier alpha value is -0.760. The molecule has 0 aromatic carbocycles. The summed E-state index contributed by atoms with van der Waals surface area (Å²) in [5.41, 5.74) is 0. The number of nitrogens with zero attached hydrogens (tertiary/aromatic N) is 1. The Kier molecular flexibility index (Phi) is 44.8. The number of phosphoric ester groups is 1. The molecule has 0 saturated carbocycles. The van der Waals surface area contributed by atoms with Crippen molar-refractivity contribution in [2.24, 2.45) is 0 Å². The van der Waals surface area contributed by atoms with Crippen molar-refractivity contribution in [3.63, 3.8) is 0 Å². The number of phosphoric acid groups is 1. The van der Waals surface area contributed by atoms with Crippen LogP contribution in [0.4, 0.5) is 0 Å². The molecule has 0 aliphatic heterocycles. The smallest absolute Gasteiger partial charge is 0.391 e. The van der Waals surface area contributed by atoms with E-state index in [0.29, 0.717) is 23.9 Å². The number of amides is 1. The van der Waals surface area contributed by atoms with E-state index in [1.807, 2.05) is 21.1 Å². The van der Waals surface area contributed by atoms with Crippen LogP contribution in [0.3, 0.4) is 0 Å². The van der Waals surface area contributed by atoms with Crippen LogP contribution >= 0.6 is 7.82 Å². The summed E-state index contributed by atoms with van der Waals surface area (Å²) in [6.45, 7) is 4.88. The first-order valence-corrected chi connectivity index (χ1v) is 28.5. The second-order valence-corrected chi connectivity index (χ2v) is 21.4. The van der Waals surface area contributed by atoms with Crippen molar-refractivity contribution in [3.05, 3.63) is 12.2 Å². The van der Waals surface area contributed by atoms with Gasteiger partial charge in [-0.2, -0.15) is 0 Å². The molecule has 3 unspecified atom stereocenters. The third kappa shape index (κ3) is 47.2. The molecule has 62 heavy (non-hydrogen) atoms. The lowest BCUT2D eigenvalue weighted by Gasteiger charge is -2.26. The average molecular weight is 900 g/mol. The maximum absolute atomic E-state index is 12.9. The third-order valence-corrected chi connectivity index (χ3v) is 13.5. The lowest BCUT2D eigenvalue weighted by atomic mass is 10.0. The van der Waals surface area contributed by atoms with E-state index in [4.69, 9.17) is 9.05 Å². The molecule has 0 aliphatic rings. The fraction of sp³-hybridized carbons (Fsp3) is 0.943. The van der Waals surface area contributed by atoms with Gasteiger partial charge in [0.05, 0.1) is 39.9 Å². The molecule has 0 rings (SSSR count). The van der Waals surface area contributed by atoms with Gasteiger partial charge in [0.25, 0.3) is 0 Å². The number of hydrogen-bond donors (Lipinski definition) is 3. The van der Waals surface area contributed by atoms with Crippen LogP contribution < -0.4 is 5.32 Å². The van der Waals surface area contributed by atoms with E-state index in [1.54, 1.807) is 0 Å². The second kappa shape index (κ2) is 45.4. The van der Waals surface area contributed by atoms with Crippen molar-refractivity contribution in [3.8, 4) is 0 Å². The Morgan fingerprint density at radius 2 is 0.871 bits per heavy atom. The Balaban J connectivity index is 4.05. The largest absolute Gasteiger partial charge is 0.472 e. The van der Waals surface area contributed by atoms with Crippen molar-refractivity contribution >= 4 is 13.7 Å².